The Bertz CT molecular complexity index is 634. The molecule has 0 saturated heterocycles. The molecule has 1 aromatic rings. The molecule has 24 heavy (non-hydrogen) atoms. The van der Waals surface area contributed by atoms with Crippen LogP contribution < -0.4 is 4.74 Å². The molecule has 2 aliphatic carbocycles. The number of benzene rings is 1. The Labute approximate surface area is 146 Å². The first-order valence-corrected chi connectivity index (χ1v) is 10.8. The summed E-state index contributed by atoms with van der Waals surface area (Å²) < 4.78 is 30.6. The highest BCUT2D eigenvalue weighted by atomic mass is 32.2. The van der Waals surface area contributed by atoms with E-state index in [0.717, 1.165) is 12.5 Å². The zero-order valence-electron chi connectivity index (χ0n) is 14.6. The van der Waals surface area contributed by atoms with Crippen LogP contribution in [0, 0.1) is 5.92 Å². The molecule has 2 fully saturated rings. The van der Waals surface area contributed by atoms with E-state index in [1.807, 2.05) is 0 Å². The topological polar surface area (TPSA) is 46.6 Å². The van der Waals surface area contributed by atoms with Gasteiger partial charge in [-0.2, -0.15) is 0 Å². The van der Waals surface area contributed by atoms with Crippen LogP contribution in [0.4, 0.5) is 0 Å². The predicted octanol–water partition coefficient (Wildman–Crippen LogP) is 3.51. The maximum atomic E-state index is 12.7. The number of nitrogens with zero attached hydrogens (tertiary/aromatic N) is 1. The summed E-state index contributed by atoms with van der Waals surface area (Å²) >= 11 is 0. The maximum absolute atomic E-state index is 12.7. The Morgan fingerprint density at radius 3 is 2.54 bits per heavy atom. The number of ether oxygens (including phenoxy) is 1. The monoisotopic (exact) mass is 351 g/mol. The van der Waals surface area contributed by atoms with Crippen LogP contribution in [0.3, 0.4) is 0 Å². The summed E-state index contributed by atoms with van der Waals surface area (Å²) in [5, 5.41) is 0. The summed E-state index contributed by atoms with van der Waals surface area (Å²) in [4.78, 5) is 2.84. The fourth-order valence-electron chi connectivity index (χ4n) is 3.65. The van der Waals surface area contributed by atoms with Crippen LogP contribution in [0.5, 0.6) is 5.75 Å². The molecule has 0 amide bonds. The Hall–Kier alpha value is -1.07. The highest BCUT2D eigenvalue weighted by Crippen LogP contribution is 2.32. The van der Waals surface area contributed by atoms with Gasteiger partial charge in [0, 0.05) is 19.1 Å². The molecule has 0 atom stereocenters. The van der Waals surface area contributed by atoms with Crippen molar-refractivity contribution in [2.45, 2.75) is 55.9 Å². The van der Waals surface area contributed by atoms with E-state index in [4.69, 9.17) is 4.74 Å². The molecule has 0 aliphatic heterocycles. The van der Waals surface area contributed by atoms with Crippen molar-refractivity contribution >= 4 is 9.84 Å². The van der Waals surface area contributed by atoms with Gasteiger partial charge in [0.2, 0.25) is 0 Å². The minimum atomic E-state index is -3.26. The van der Waals surface area contributed by atoms with E-state index in [1.54, 1.807) is 31.4 Å². The van der Waals surface area contributed by atoms with Crippen LogP contribution in [0.1, 0.15) is 44.9 Å². The average molecular weight is 352 g/mol. The van der Waals surface area contributed by atoms with Crippen molar-refractivity contribution in [3.8, 4) is 5.75 Å². The lowest BCUT2D eigenvalue weighted by Crippen LogP contribution is -2.41. The highest BCUT2D eigenvalue weighted by molar-refractivity contribution is 7.91. The largest absolute Gasteiger partial charge is 0.497 e. The molecule has 0 spiro atoms. The molecule has 3 rings (SSSR count). The second kappa shape index (κ2) is 7.87. The summed E-state index contributed by atoms with van der Waals surface area (Å²) in [6.45, 7) is 1.74. The molecule has 0 radical (unpaired) electrons. The first kappa shape index (κ1) is 17.7. The van der Waals surface area contributed by atoms with Gasteiger partial charge in [-0.3, -0.25) is 4.90 Å². The fourth-order valence-corrected chi connectivity index (χ4v) is 4.94. The molecular weight excluding hydrogens is 322 g/mol. The third kappa shape index (κ3) is 4.73. The molecule has 0 unspecified atom stereocenters. The first-order valence-electron chi connectivity index (χ1n) is 9.19. The van der Waals surface area contributed by atoms with Gasteiger partial charge in [0.05, 0.1) is 17.8 Å². The van der Waals surface area contributed by atoms with Crippen molar-refractivity contribution < 1.29 is 13.2 Å². The van der Waals surface area contributed by atoms with Gasteiger partial charge in [-0.15, -0.1) is 0 Å². The molecule has 0 bridgehead atoms. The van der Waals surface area contributed by atoms with Crippen LogP contribution in [0.25, 0.3) is 0 Å². The van der Waals surface area contributed by atoms with Crippen molar-refractivity contribution in [3.63, 3.8) is 0 Å². The summed E-state index contributed by atoms with van der Waals surface area (Å²) in [6, 6.07) is 7.40. The lowest BCUT2D eigenvalue weighted by molar-refractivity contribution is 0.158. The lowest BCUT2D eigenvalue weighted by atomic mass is 9.94. The predicted molar refractivity (Wildman–Crippen MR) is 96.2 cm³/mol. The van der Waals surface area contributed by atoms with Gasteiger partial charge >= 0.3 is 0 Å². The van der Waals surface area contributed by atoms with E-state index in [-0.39, 0.29) is 5.75 Å². The van der Waals surface area contributed by atoms with Crippen LogP contribution in [0.15, 0.2) is 29.2 Å². The Morgan fingerprint density at radius 2 is 1.88 bits per heavy atom. The van der Waals surface area contributed by atoms with Crippen LogP contribution in [0.2, 0.25) is 0 Å². The molecule has 0 N–H and O–H groups in total. The Balaban J connectivity index is 1.65. The summed E-state index contributed by atoms with van der Waals surface area (Å²) in [5.74, 6) is 1.59. The molecule has 2 saturated carbocycles. The molecule has 134 valence electrons. The van der Waals surface area contributed by atoms with Crippen molar-refractivity contribution in [1.82, 2.24) is 4.90 Å². The Kier molecular flexibility index (Phi) is 5.82. The van der Waals surface area contributed by atoms with Crippen LogP contribution in [-0.4, -0.2) is 45.3 Å². The van der Waals surface area contributed by atoms with Gasteiger partial charge in [0.1, 0.15) is 5.75 Å². The second-order valence-electron chi connectivity index (χ2n) is 7.23. The van der Waals surface area contributed by atoms with Gasteiger partial charge < -0.3 is 4.74 Å². The van der Waals surface area contributed by atoms with E-state index in [0.29, 0.717) is 23.2 Å². The van der Waals surface area contributed by atoms with Crippen LogP contribution >= 0.6 is 0 Å². The van der Waals surface area contributed by atoms with Gasteiger partial charge in [0.25, 0.3) is 0 Å². The third-order valence-electron chi connectivity index (χ3n) is 5.33. The number of hydrogen-bond acceptors (Lipinski definition) is 4. The second-order valence-corrected chi connectivity index (χ2v) is 9.34. The van der Waals surface area contributed by atoms with E-state index in [2.05, 4.69) is 4.90 Å². The molecule has 0 heterocycles. The van der Waals surface area contributed by atoms with Gasteiger partial charge in [-0.1, -0.05) is 25.3 Å². The Morgan fingerprint density at radius 1 is 1.12 bits per heavy atom. The SMILES string of the molecule is COc1cccc(S(=O)(=O)CCN(CC2CC2)C2CCCCC2)c1. The number of hydrogen-bond donors (Lipinski definition) is 0. The molecule has 2 aliphatic rings. The van der Waals surface area contributed by atoms with Crippen molar-refractivity contribution in [2.24, 2.45) is 5.92 Å². The lowest BCUT2D eigenvalue weighted by Gasteiger charge is -2.34. The smallest absolute Gasteiger partial charge is 0.179 e. The van der Waals surface area contributed by atoms with E-state index in [1.165, 1.54) is 44.9 Å². The molecule has 5 heteroatoms. The molecular formula is C19H29NO3S. The molecule has 1 aromatic carbocycles. The van der Waals surface area contributed by atoms with Crippen molar-refractivity contribution in [1.29, 1.82) is 0 Å². The molecule has 0 aromatic heterocycles. The fraction of sp³-hybridized carbons (Fsp3) is 0.684. The minimum absolute atomic E-state index is 0.198. The van der Waals surface area contributed by atoms with Crippen molar-refractivity contribution in [2.75, 3.05) is 26.0 Å². The van der Waals surface area contributed by atoms with Gasteiger partial charge in [-0.05, 0) is 49.8 Å². The first-order chi connectivity index (χ1) is 11.6. The molecule has 4 nitrogen and oxygen atoms in total. The van der Waals surface area contributed by atoms with E-state index in [9.17, 15) is 8.42 Å². The van der Waals surface area contributed by atoms with Gasteiger partial charge in [-0.25, -0.2) is 8.42 Å². The van der Waals surface area contributed by atoms with Crippen molar-refractivity contribution in [3.05, 3.63) is 24.3 Å². The summed E-state index contributed by atoms with van der Waals surface area (Å²) in [5.41, 5.74) is 0. The average Bonchev–Trinajstić information content (AvgIpc) is 3.43. The zero-order chi connectivity index (χ0) is 17.0. The minimum Gasteiger partial charge on any atom is -0.497 e. The standard InChI is InChI=1S/C19H29NO3S/c1-23-18-8-5-9-19(14-18)24(21,22)13-12-20(15-16-10-11-16)17-6-3-2-4-7-17/h5,8-9,14,16-17H,2-4,6-7,10-13,15H2,1H3. The zero-order valence-corrected chi connectivity index (χ0v) is 15.4. The van der Waals surface area contributed by atoms with E-state index >= 15 is 0 Å². The number of sulfone groups is 1. The normalized spacial score (nSPS) is 19.6. The summed E-state index contributed by atoms with van der Waals surface area (Å²) in [7, 11) is -1.70. The quantitative estimate of drug-likeness (QED) is 0.719. The maximum Gasteiger partial charge on any atom is 0.179 e. The highest BCUT2D eigenvalue weighted by Gasteiger charge is 2.30. The number of rotatable bonds is 8. The number of methoxy groups -OCH3 is 1. The van der Waals surface area contributed by atoms with Crippen LogP contribution in [-0.2, 0) is 9.84 Å². The van der Waals surface area contributed by atoms with E-state index < -0.39 is 9.84 Å². The van der Waals surface area contributed by atoms with Gasteiger partial charge in [0.15, 0.2) is 9.84 Å². The third-order valence-corrected chi connectivity index (χ3v) is 7.02. The summed E-state index contributed by atoms with van der Waals surface area (Å²) in [6.07, 6.45) is 8.98.